The summed E-state index contributed by atoms with van der Waals surface area (Å²) in [6.45, 7) is 4.53. The summed E-state index contributed by atoms with van der Waals surface area (Å²) in [7, 11) is 0. The molecular weight excluding hydrogens is 246 g/mol. The maximum absolute atomic E-state index is 5.98. The van der Waals surface area contributed by atoms with Crippen LogP contribution in [0.3, 0.4) is 0 Å². The Balaban J connectivity index is 2.21. The van der Waals surface area contributed by atoms with Gasteiger partial charge in [0, 0.05) is 26.7 Å². The highest BCUT2D eigenvalue weighted by Crippen LogP contribution is 2.53. The summed E-state index contributed by atoms with van der Waals surface area (Å²) in [5.41, 5.74) is 6.27. The lowest BCUT2D eigenvalue weighted by Gasteiger charge is -2.50. The van der Waals surface area contributed by atoms with E-state index in [1.54, 1.807) is 0 Å². The minimum absolute atomic E-state index is 0.282. The van der Waals surface area contributed by atoms with E-state index in [9.17, 15) is 0 Å². The van der Waals surface area contributed by atoms with E-state index in [1.807, 2.05) is 11.3 Å². The molecule has 72 valence electrons. The van der Waals surface area contributed by atoms with Crippen molar-refractivity contribution in [3.05, 3.63) is 20.8 Å². The number of rotatable bonds is 1. The second-order valence-electron chi connectivity index (χ2n) is 4.38. The van der Waals surface area contributed by atoms with Gasteiger partial charge >= 0.3 is 0 Å². The Bertz CT molecular complexity index is 318. The van der Waals surface area contributed by atoms with Gasteiger partial charge in [0.25, 0.3) is 0 Å². The van der Waals surface area contributed by atoms with Crippen molar-refractivity contribution in [2.75, 3.05) is 0 Å². The first kappa shape index (κ1) is 9.69. The van der Waals surface area contributed by atoms with Crippen LogP contribution >= 0.6 is 27.3 Å². The summed E-state index contributed by atoms with van der Waals surface area (Å²) < 4.78 is 1.20. The lowest BCUT2D eigenvalue weighted by atomic mass is 9.58. The van der Waals surface area contributed by atoms with Crippen LogP contribution in [0, 0.1) is 5.41 Å². The van der Waals surface area contributed by atoms with E-state index in [-0.39, 0.29) is 5.41 Å². The standard InChI is InChI=1S/C10H14BrNS/c1-10(2)7(4-9(10)12)8-3-6(11)5-13-8/h3,5,7,9H,4,12H2,1-2H3. The van der Waals surface area contributed by atoms with Crippen LogP contribution in [0.1, 0.15) is 31.1 Å². The topological polar surface area (TPSA) is 26.0 Å². The number of halogens is 1. The third kappa shape index (κ3) is 1.47. The van der Waals surface area contributed by atoms with Gasteiger partial charge in [-0.25, -0.2) is 0 Å². The molecule has 1 saturated carbocycles. The lowest BCUT2D eigenvalue weighted by Crippen LogP contribution is -2.52. The zero-order valence-corrected chi connectivity index (χ0v) is 10.3. The van der Waals surface area contributed by atoms with Gasteiger partial charge in [0.2, 0.25) is 0 Å². The van der Waals surface area contributed by atoms with Gasteiger partial charge in [-0.2, -0.15) is 0 Å². The molecule has 0 amide bonds. The molecule has 1 aromatic rings. The van der Waals surface area contributed by atoms with Crippen LogP contribution in [0.5, 0.6) is 0 Å². The summed E-state index contributed by atoms with van der Waals surface area (Å²) >= 11 is 5.32. The zero-order chi connectivity index (χ0) is 9.64. The largest absolute Gasteiger partial charge is 0.327 e. The normalized spacial score (nSPS) is 31.4. The Morgan fingerprint density at radius 1 is 1.62 bits per heavy atom. The van der Waals surface area contributed by atoms with Crippen LogP contribution in [0.2, 0.25) is 0 Å². The number of thiophene rings is 1. The molecule has 0 radical (unpaired) electrons. The smallest absolute Gasteiger partial charge is 0.0285 e. The van der Waals surface area contributed by atoms with Crippen LogP contribution in [0.25, 0.3) is 0 Å². The van der Waals surface area contributed by atoms with E-state index in [4.69, 9.17) is 5.73 Å². The molecule has 0 spiro atoms. The fourth-order valence-corrected chi connectivity index (χ4v) is 3.71. The molecule has 1 aliphatic carbocycles. The van der Waals surface area contributed by atoms with Crippen molar-refractivity contribution in [1.29, 1.82) is 0 Å². The van der Waals surface area contributed by atoms with Crippen LogP contribution in [-0.2, 0) is 0 Å². The minimum atomic E-state index is 0.282. The summed E-state index contributed by atoms with van der Waals surface area (Å²) in [6, 6.07) is 2.60. The molecule has 13 heavy (non-hydrogen) atoms. The molecule has 1 nitrogen and oxygen atoms in total. The Morgan fingerprint density at radius 2 is 2.31 bits per heavy atom. The quantitative estimate of drug-likeness (QED) is 0.823. The van der Waals surface area contributed by atoms with Gasteiger partial charge in [-0.15, -0.1) is 11.3 Å². The van der Waals surface area contributed by atoms with Crippen molar-refractivity contribution < 1.29 is 0 Å². The van der Waals surface area contributed by atoms with Crippen LogP contribution < -0.4 is 5.73 Å². The lowest BCUT2D eigenvalue weighted by molar-refractivity contribution is 0.101. The first-order chi connectivity index (χ1) is 6.01. The monoisotopic (exact) mass is 259 g/mol. The van der Waals surface area contributed by atoms with Crippen LogP contribution in [-0.4, -0.2) is 6.04 Å². The number of nitrogens with two attached hydrogens (primary N) is 1. The van der Waals surface area contributed by atoms with E-state index in [0.717, 1.165) is 6.42 Å². The van der Waals surface area contributed by atoms with Gasteiger partial charge in [0.05, 0.1) is 0 Å². The second-order valence-corrected chi connectivity index (χ2v) is 6.24. The number of hydrogen-bond donors (Lipinski definition) is 1. The zero-order valence-electron chi connectivity index (χ0n) is 7.88. The molecule has 1 fully saturated rings. The van der Waals surface area contributed by atoms with Crippen molar-refractivity contribution in [3.8, 4) is 0 Å². The van der Waals surface area contributed by atoms with E-state index in [1.165, 1.54) is 9.35 Å². The van der Waals surface area contributed by atoms with E-state index in [2.05, 4.69) is 41.2 Å². The fraction of sp³-hybridized carbons (Fsp3) is 0.600. The van der Waals surface area contributed by atoms with Crippen molar-refractivity contribution in [2.45, 2.75) is 32.2 Å². The second kappa shape index (κ2) is 3.07. The van der Waals surface area contributed by atoms with Crippen LogP contribution in [0.4, 0.5) is 0 Å². The Kier molecular flexibility index (Phi) is 2.29. The van der Waals surface area contributed by atoms with Gasteiger partial charge in [0.15, 0.2) is 0 Å². The molecular formula is C10H14BrNS. The summed E-state index contributed by atoms with van der Waals surface area (Å²) in [5.74, 6) is 0.666. The fourth-order valence-electron chi connectivity index (χ4n) is 1.95. The van der Waals surface area contributed by atoms with Crippen molar-refractivity contribution in [1.82, 2.24) is 0 Å². The highest BCUT2D eigenvalue weighted by atomic mass is 79.9. The molecule has 2 rings (SSSR count). The van der Waals surface area contributed by atoms with Gasteiger partial charge in [-0.1, -0.05) is 13.8 Å². The molecule has 1 aliphatic rings. The van der Waals surface area contributed by atoms with Crippen molar-refractivity contribution in [3.63, 3.8) is 0 Å². The maximum atomic E-state index is 5.98. The Hall–Kier alpha value is 0.140. The van der Waals surface area contributed by atoms with Crippen LogP contribution in [0.15, 0.2) is 15.9 Å². The molecule has 0 aromatic carbocycles. The molecule has 2 N–H and O–H groups in total. The first-order valence-electron chi connectivity index (χ1n) is 4.51. The summed E-state index contributed by atoms with van der Waals surface area (Å²) in [4.78, 5) is 1.47. The Morgan fingerprint density at radius 3 is 2.69 bits per heavy atom. The molecule has 1 heterocycles. The molecule has 0 saturated heterocycles. The van der Waals surface area contributed by atoms with E-state index >= 15 is 0 Å². The molecule has 2 unspecified atom stereocenters. The summed E-state index contributed by atoms with van der Waals surface area (Å²) in [5, 5.41) is 2.15. The van der Waals surface area contributed by atoms with Crippen molar-refractivity contribution in [2.24, 2.45) is 11.1 Å². The van der Waals surface area contributed by atoms with E-state index in [0.29, 0.717) is 12.0 Å². The molecule has 0 aliphatic heterocycles. The van der Waals surface area contributed by atoms with Crippen molar-refractivity contribution >= 4 is 27.3 Å². The SMILES string of the molecule is CC1(C)C(N)CC1c1cc(Br)cs1. The first-order valence-corrected chi connectivity index (χ1v) is 6.18. The average molecular weight is 260 g/mol. The van der Waals surface area contributed by atoms with Gasteiger partial charge < -0.3 is 5.73 Å². The maximum Gasteiger partial charge on any atom is 0.0285 e. The highest BCUT2D eigenvalue weighted by Gasteiger charge is 2.47. The van der Waals surface area contributed by atoms with E-state index < -0.39 is 0 Å². The molecule has 1 aromatic heterocycles. The minimum Gasteiger partial charge on any atom is -0.327 e. The third-order valence-corrected chi connectivity index (χ3v) is 5.08. The third-order valence-electron chi connectivity index (χ3n) is 3.27. The molecule has 2 atom stereocenters. The summed E-state index contributed by atoms with van der Waals surface area (Å²) in [6.07, 6.45) is 1.14. The van der Waals surface area contributed by atoms with Gasteiger partial charge in [-0.3, -0.25) is 0 Å². The predicted octanol–water partition coefficient (Wildman–Crippen LogP) is 3.35. The molecule has 3 heteroatoms. The average Bonchev–Trinajstić information content (AvgIpc) is 2.47. The van der Waals surface area contributed by atoms with Gasteiger partial charge in [0.1, 0.15) is 0 Å². The molecule has 0 bridgehead atoms. The predicted molar refractivity (Wildman–Crippen MR) is 61.1 cm³/mol. The van der Waals surface area contributed by atoms with Gasteiger partial charge in [-0.05, 0) is 33.8 Å². The number of hydrogen-bond acceptors (Lipinski definition) is 2. The highest BCUT2D eigenvalue weighted by molar-refractivity contribution is 9.10. The Labute approximate surface area is 91.5 Å².